The van der Waals surface area contributed by atoms with Crippen molar-refractivity contribution in [1.29, 1.82) is 0 Å². The molecule has 2 aromatic rings. The predicted octanol–water partition coefficient (Wildman–Crippen LogP) is 4.22. The van der Waals surface area contributed by atoms with Gasteiger partial charge >= 0.3 is 0 Å². The van der Waals surface area contributed by atoms with E-state index >= 15 is 0 Å². The van der Waals surface area contributed by atoms with Crippen LogP contribution in [0.2, 0.25) is 0 Å². The Hall–Kier alpha value is -2.66. The van der Waals surface area contributed by atoms with Crippen LogP contribution in [0, 0.1) is 11.8 Å². The Morgan fingerprint density at radius 2 is 1.61 bits per heavy atom. The zero-order valence-corrected chi connectivity index (χ0v) is 18.6. The molecule has 0 spiro atoms. The molecule has 2 amide bonds. The molecule has 2 saturated heterocycles. The van der Waals surface area contributed by atoms with E-state index in [-0.39, 0.29) is 11.8 Å². The lowest BCUT2D eigenvalue weighted by Crippen LogP contribution is -2.38. The van der Waals surface area contributed by atoms with Crippen LogP contribution in [0.25, 0.3) is 0 Å². The van der Waals surface area contributed by atoms with E-state index in [2.05, 4.69) is 48.3 Å². The second-order valence-electron chi connectivity index (χ2n) is 9.34. The fraction of sp³-hybridized carbons (Fsp3) is 0.462. The van der Waals surface area contributed by atoms with Gasteiger partial charge in [-0.3, -0.25) is 14.5 Å². The highest BCUT2D eigenvalue weighted by atomic mass is 16.2. The second-order valence-corrected chi connectivity index (χ2v) is 9.34. The third-order valence-electron chi connectivity index (χ3n) is 6.34. The number of carbonyl (C=O) groups excluding carboxylic acids is 2. The molecule has 0 radical (unpaired) electrons. The largest absolute Gasteiger partial charge is 0.348 e. The van der Waals surface area contributed by atoms with Crippen molar-refractivity contribution >= 4 is 17.5 Å². The Kier molecular flexibility index (Phi) is 6.71. The average molecular weight is 420 g/mol. The van der Waals surface area contributed by atoms with E-state index in [1.165, 1.54) is 25.1 Å². The highest BCUT2D eigenvalue weighted by Crippen LogP contribution is 2.23. The lowest BCUT2D eigenvalue weighted by molar-refractivity contribution is -0.117. The number of likely N-dealkylation sites (tertiary alicyclic amines) is 1. The molecule has 0 saturated carbocycles. The molecule has 1 N–H and O–H groups in total. The molecule has 2 unspecified atom stereocenters. The van der Waals surface area contributed by atoms with Crippen LogP contribution in [0.5, 0.6) is 0 Å². The van der Waals surface area contributed by atoms with E-state index in [9.17, 15) is 9.59 Å². The standard InChI is InChI=1S/C26H33N3O2/c1-19-14-20(2)17-28(16-19)18-22-7-5-21(6-8-22)15-27-26(31)23-9-11-24(12-10-23)29-13-3-4-25(29)30/h5-12,19-20H,3-4,13-18H2,1-2H3,(H,27,31). The molecular formula is C26H33N3O2. The molecule has 0 bridgehead atoms. The maximum atomic E-state index is 12.5. The van der Waals surface area contributed by atoms with Crippen LogP contribution in [0.15, 0.2) is 48.5 Å². The van der Waals surface area contributed by atoms with E-state index in [1.807, 2.05) is 12.1 Å². The number of amides is 2. The number of nitrogens with one attached hydrogen (secondary N) is 1. The molecule has 164 valence electrons. The number of hydrogen-bond donors (Lipinski definition) is 1. The van der Waals surface area contributed by atoms with Crippen LogP contribution in [0.3, 0.4) is 0 Å². The number of rotatable bonds is 6. The van der Waals surface area contributed by atoms with E-state index < -0.39 is 0 Å². The molecule has 2 atom stereocenters. The molecule has 2 aromatic carbocycles. The van der Waals surface area contributed by atoms with Crippen LogP contribution in [0.1, 0.15) is 54.6 Å². The average Bonchev–Trinajstić information content (AvgIpc) is 3.18. The molecule has 2 aliphatic rings. The maximum Gasteiger partial charge on any atom is 0.251 e. The summed E-state index contributed by atoms with van der Waals surface area (Å²) in [4.78, 5) is 28.7. The zero-order chi connectivity index (χ0) is 21.8. The maximum absolute atomic E-state index is 12.5. The number of nitrogens with zero attached hydrogens (tertiary/aromatic N) is 2. The van der Waals surface area contributed by atoms with Crippen molar-refractivity contribution in [2.75, 3.05) is 24.5 Å². The summed E-state index contributed by atoms with van der Waals surface area (Å²) in [6.07, 6.45) is 2.84. The van der Waals surface area contributed by atoms with E-state index in [0.717, 1.165) is 42.6 Å². The Balaban J connectivity index is 1.28. The first-order valence-electron chi connectivity index (χ1n) is 11.5. The monoisotopic (exact) mass is 419 g/mol. The van der Waals surface area contributed by atoms with Gasteiger partial charge in [-0.15, -0.1) is 0 Å². The predicted molar refractivity (Wildman–Crippen MR) is 124 cm³/mol. The van der Waals surface area contributed by atoms with Crippen molar-refractivity contribution in [3.8, 4) is 0 Å². The van der Waals surface area contributed by atoms with Gasteiger partial charge in [0.1, 0.15) is 0 Å². The number of benzene rings is 2. The Morgan fingerprint density at radius 1 is 0.968 bits per heavy atom. The van der Waals surface area contributed by atoms with Crippen LogP contribution in [-0.2, 0) is 17.9 Å². The van der Waals surface area contributed by atoms with Crippen molar-refractivity contribution in [3.05, 3.63) is 65.2 Å². The summed E-state index contributed by atoms with van der Waals surface area (Å²) in [5.41, 5.74) is 3.90. The number of hydrogen-bond acceptors (Lipinski definition) is 3. The van der Waals surface area contributed by atoms with E-state index in [1.54, 1.807) is 17.0 Å². The summed E-state index contributed by atoms with van der Waals surface area (Å²) in [6.45, 7) is 9.29. The highest BCUT2D eigenvalue weighted by molar-refractivity contribution is 5.97. The van der Waals surface area contributed by atoms with Crippen LogP contribution >= 0.6 is 0 Å². The van der Waals surface area contributed by atoms with Crippen LogP contribution in [-0.4, -0.2) is 36.3 Å². The van der Waals surface area contributed by atoms with Gasteiger partial charge in [0, 0.05) is 50.4 Å². The van der Waals surface area contributed by atoms with Gasteiger partial charge in [0.25, 0.3) is 5.91 Å². The van der Waals surface area contributed by atoms with Crippen molar-refractivity contribution < 1.29 is 9.59 Å². The van der Waals surface area contributed by atoms with Gasteiger partial charge in [-0.25, -0.2) is 0 Å². The van der Waals surface area contributed by atoms with Gasteiger partial charge in [-0.05, 0) is 60.1 Å². The van der Waals surface area contributed by atoms with Crippen molar-refractivity contribution in [3.63, 3.8) is 0 Å². The second kappa shape index (κ2) is 9.65. The Morgan fingerprint density at radius 3 is 2.23 bits per heavy atom. The topological polar surface area (TPSA) is 52.7 Å². The van der Waals surface area contributed by atoms with Crippen molar-refractivity contribution in [1.82, 2.24) is 10.2 Å². The van der Waals surface area contributed by atoms with Gasteiger partial charge < -0.3 is 10.2 Å². The molecule has 2 heterocycles. The van der Waals surface area contributed by atoms with Gasteiger partial charge in [0.15, 0.2) is 0 Å². The molecule has 2 fully saturated rings. The lowest BCUT2D eigenvalue weighted by atomic mass is 9.91. The summed E-state index contributed by atoms with van der Waals surface area (Å²) in [5, 5.41) is 3.00. The minimum absolute atomic E-state index is 0.0975. The van der Waals surface area contributed by atoms with Gasteiger partial charge in [-0.2, -0.15) is 0 Å². The molecular weight excluding hydrogens is 386 g/mol. The summed E-state index contributed by atoms with van der Waals surface area (Å²) >= 11 is 0. The van der Waals surface area contributed by atoms with Crippen LogP contribution < -0.4 is 10.2 Å². The number of piperidine rings is 1. The minimum atomic E-state index is -0.0975. The molecule has 4 rings (SSSR count). The zero-order valence-electron chi connectivity index (χ0n) is 18.6. The lowest BCUT2D eigenvalue weighted by Gasteiger charge is -2.35. The summed E-state index contributed by atoms with van der Waals surface area (Å²) in [6, 6.07) is 15.9. The highest BCUT2D eigenvalue weighted by Gasteiger charge is 2.22. The van der Waals surface area contributed by atoms with E-state index in [0.29, 0.717) is 18.5 Å². The summed E-state index contributed by atoms with van der Waals surface area (Å²) in [5.74, 6) is 1.59. The Bertz CT molecular complexity index is 897. The number of anilines is 1. The van der Waals surface area contributed by atoms with Gasteiger partial charge in [-0.1, -0.05) is 38.1 Å². The molecule has 0 aromatic heterocycles. The molecule has 5 nitrogen and oxygen atoms in total. The molecule has 31 heavy (non-hydrogen) atoms. The SMILES string of the molecule is CC1CC(C)CN(Cc2ccc(CNC(=O)c3ccc(N4CCCC4=O)cc3)cc2)C1. The smallest absolute Gasteiger partial charge is 0.251 e. The first-order chi connectivity index (χ1) is 15.0. The van der Waals surface area contributed by atoms with Gasteiger partial charge in [0.2, 0.25) is 5.91 Å². The molecule has 5 heteroatoms. The first-order valence-corrected chi connectivity index (χ1v) is 11.5. The fourth-order valence-corrected chi connectivity index (χ4v) is 4.94. The third kappa shape index (κ3) is 5.53. The Labute approximate surface area is 185 Å². The van der Waals surface area contributed by atoms with Crippen molar-refractivity contribution in [2.24, 2.45) is 11.8 Å². The third-order valence-corrected chi connectivity index (χ3v) is 6.34. The minimum Gasteiger partial charge on any atom is -0.348 e. The fourth-order valence-electron chi connectivity index (χ4n) is 4.94. The summed E-state index contributed by atoms with van der Waals surface area (Å²) < 4.78 is 0. The summed E-state index contributed by atoms with van der Waals surface area (Å²) in [7, 11) is 0. The molecule has 0 aliphatic carbocycles. The van der Waals surface area contributed by atoms with Crippen molar-refractivity contribution in [2.45, 2.75) is 46.2 Å². The van der Waals surface area contributed by atoms with Crippen LogP contribution in [0.4, 0.5) is 5.69 Å². The normalized spacial score (nSPS) is 22.0. The quantitative estimate of drug-likeness (QED) is 0.763. The first kappa shape index (κ1) is 21.6. The van der Waals surface area contributed by atoms with E-state index in [4.69, 9.17) is 0 Å². The molecule has 2 aliphatic heterocycles. The number of carbonyl (C=O) groups is 2. The van der Waals surface area contributed by atoms with Gasteiger partial charge in [0.05, 0.1) is 0 Å².